The number of hydrogen-bond donors (Lipinski definition) is 1. The van der Waals surface area contributed by atoms with Crippen LogP contribution in [0.25, 0.3) is 5.69 Å². The van der Waals surface area contributed by atoms with Crippen LogP contribution in [0.4, 0.5) is 10.2 Å². The Morgan fingerprint density at radius 3 is 2.66 bits per heavy atom. The van der Waals surface area contributed by atoms with Crippen LogP contribution in [0, 0.1) is 5.82 Å². The van der Waals surface area contributed by atoms with Crippen LogP contribution in [0.1, 0.15) is 41.4 Å². The van der Waals surface area contributed by atoms with E-state index < -0.39 is 0 Å². The highest BCUT2D eigenvalue weighted by Gasteiger charge is 2.25. The Kier molecular flexibility index (Phi) is 5.85. The number of carbonyl (C=O) groups is 1. The minimum atomic E-state index is -0.309. The van der Waals surface area contributed by atoms with Crippen LogP contribution in [-0.2, 0) is 11.5 Å². The van der Waals surface area contributed by atoms with Gasteiger partial charge in [-0.3, -0.25) is 4.79 Å². The molecule has 0 bridgehead atoms. The Morgan fingerprint density at radius 2 is 1.93 bits per heavy atom. The van der Waals surface area contributed by atoms with Gasteiger partial charge >= 0.3 is 0 Å². The molecule has 1 aliphatic heterocycles. The molecule has 0 spiro atoms. The fourth-order valence-electron chi connectivity index (χ4n) is 3.13. The summed E-state index contributed by atoms with van der Waals surface area (Å²) in [5.74, 6) is 2.46. The molecule has 3 aromatic rings. The van der Waals surface area contributed by atoms with Crippen molar-refractivity contribution < 1.29 is 13.9 Å². The van der Waals surface area contributed by atoms with Gasteiger partial charge in [0.05, 0.1) is 18.0 Å². The highest BCUT2D eigenvalue weighted by atomic mass is 32.2. The number of nitrogens with zero attached hydrogens (tertiary/aromatic N) is 2. The minimum Gasteiger partial charge on any atom is -0.494 e. The highest BCUT2D eigenvalue weighted by molar-refractivity contribution is 7.98. The van der Waals surface area contributed by atoms with Crippen molar-refractivity contribution in [3.63, 3.8) is 0 Å². The van der Waals surface area contributed by atoms with E-state index in [0.29, 0.717) is 23.7 Å². The quantitative estimate of drug-likeness (QED) is 0.544. The van der Waals surface area contributed by atoms with Gasteiger partial charge in [0.1, 0.15) is 17.4 Å². The molecule has 7 heteroatoms. The maximum absolute atomic E-state index is 13.3. The number of hydrogen-bond acceptors (Lipinski definition) is 4. The summed E-state index contributed by atoms with van der Waals surface area (Å²) in [6, 6.07) is 13.2. The third kappa shape index (κ3) is 4.29. The Morgan fingerprint density at radius 1 is 1.17 bits per heavy atom. The molecule has 0 radical (unpaired) electrons. The van der Waals surface area contributed by atoms with Gasteiger partial charge < -0.3 is 10.1 Å². The van der Waals surface area contributed by atoms with Gasteiger partial charge in [-0.25, -0.2) is 9.07 Å². The number of unbranched alkanes of at least 4 members (excludes halogenated alkanes) is 1. The van der Waals surface area contributed by atoms with Crippen molar-refractivity contribution >= 4 is 23.5 Å². The predicted octanol–water partition coefficient (Wildman–Crippen LogP) is 5.19. The van der Waals surface area contributed by atoms with Crippen LogP contribution in [0.15, 0.2) is 48.5 Å². The summed E-state index contributed by atoms with van der Waals surface area (Å²) in [6.07, 6.45) is 2.07. The lowest BCUT2D eigenvalue weighted by atomic mass is 10.2. The van der Waals surface area contributed by atoms with E-state index in [2.05, 4.69) is 17.3 Å². The second-order valence-electron chi connectivity index (χ2n) is 6.84. The van der Waals surface area contributed by atoms with Gasteiger partial charge in [-0.2, -0.15) is 16.9 Å². The number of amides is 1. The average molecular weight is 412 g/mol. The zero-order chi connectivity index (χ0) is 20.2. The van der Waals surface area contributed by atoms with E-state index in [1.54, 1.807) is 40.7 Å². The lowest BCUT2D eigenvalue weighted by molar-refractivity contribution is 0.102. The molecule has 0 aliphatic carbocycles. The van der Waals surface area contributed by atoms with Crippen LogP contribution in [0.2, 0.25) is 0 Å². The van der Waals surface area contributed by atoms with Gasteiger partial charge in [0.25, 0.3) is 5.91 Å². The molecule has 0 saturated heterocycles. The molecular formula is C22H22FN3O2S. The van der Waals surface area contributed by atoms with Crippen molar-refractivity contribution in [1.82, 2.24) is 9.78 Å². The topological polar surface area (TPSA) is 56.1 Å². The van der Waals surface area contributed by atoms with Gasteiger partial charge in [0.15, 0.2) is 0 Å². The summed E-state index contributed by atoms with van der Waals surface area (Å²) in [6.45, 7) is 2.78. The van der Waals surface area contributed by atoms with E-state index in [9.17, 15) is 9.18 Å². The first kappa shape index (κ1) is 19.5. The van der Waals surface area contributed by atoms with E-state index in [0.717, 1.165) is 41.4 Å². The standard InChI is InChI=1S/C22H22FN3O2S/c1-2-3-12-28-18-10-4-15(5-11-18)22(27)24-21-19-13-29-14-20(19)25-26(21)17-8-6-16(23)7-9-17/h4-11H,2-3,12-14H2,1H3,(H,24,27). The van der Waals surface area contributed by atoms with Gasteiger partial charge in [-0.05, 0) is 55.0 Å². The zero-order valence-corrected chi connectivity index (χ0v) is 17.0. The number of thioether (sulfide) groups is 1. The van der Waals surface area contributed by atoms with Crippen molar-refractivity contribution in [3.05, 3.63) is 71.2 Å². The molecule has 29 heavy (non-hydrogen) atoms. The Labute approximate surface area is 173 Å². The molecule has 1 aromatic heterocycles. The van der Waals surface area contributed by atoms with Crippen LogP contribution in [0.3, 0.4) is 0 Å². The molecule has 1 N–H and O–H groups in total. The Hall–Kier alpha value is -2.80. The van der Waals surface area contributed by atoms with Crippen LogP contribution < -0.4 is 10.1 Å². The fourth-order valence-corrected chi connectivity index (χ4v) is 4.16. The zero-order valence-electron chi connectivity index (χ0n) is 16.2. The maximum Gasteiger partial charge on any atom is 0.256 e. The number of fused-ring (bicyclic) bond motifs is 1. The van der Waals surface area contributed by atoms with Crippen molar-refractivity contribution in [2.24, 2.45) is 0 Å². The number of rotatable bonds is 7. The molecular weight excluding hydrogens is 389 g/mol. The monoisotopic (exact) mass is 411 g/mol. The van der Waals surface area contributed by atoms with Gasteiger partial charge in [0, 0.05) is 22.6 Å². The minimum absolute atomic E-state index is 0.215. The van der Waals surface area contributed by atoms with Crippen molar-refractivity contribution in [2.45, 2.75) is 31.3 Å². The van der Waals surface area contributed by atoms with Gasteiger partial charge in [0.2, 0.25) is 0 Å². The third-order valence-electron chi connectivity index (χ3n) is 4.74. The number of halogens is 1. The molecule has 4 rings (SSSR count). The number of ether oxygens (including phenoxy) is 1. The second kappa shape index (κ2) is 8.69. The first-order valence-corrected chi connectivity index (χ1v) is 10.8. The largest absolute Gasteiger partial charge is 0.494 e. The van der Waals surface area contributed by atoms with Crippen molar-refractivity contribution in [1.29, 1.82) is 0 Å². The number of benzene rings is 2. The normalized spacial score (nSPS) is 12.6. The number of carbonyl (C=O) groups excluding carboxylic acids is 1. The van der Waals surface area contributed by atoms with E-state index >= 15 is 0 Å². The smallest absolute Gasteiger partial charge is 0.256 e. The summed E-state index contributed by atoms with van der Waals surface area (Å²) >= 11 is 1.76. The van der Waals surface area contributed by atoms with Crippen LogP contribution >= 0.6 is 11.8 Å². The molecule has 0 atom stereocenters. The summed E-state index contributed by atoms with van der Waals surface area (Å²) in [7, 11) is 0. The Balaban J connectivity index is 1.56. The summed E-state index contributed by atoms with van der Waals surface area (Å²) in [4.78, 5) is 12.9. The molecule has 5 nitrogen and oxygen atoms in total. The van der Waals surface area contributed by atoms with E-state index in [-0.39, 0.29) is 11.7 Å². The first-order chi connectivity index (χ1) is 14.2. The molecule has 2 heterocycles. The summed E-state index contributed by atoms with van der Waals surface area (Å²) < 4.78 is 20.7. The van der Waals surface area contributed by atoms with Crippen molar-refractivity contribution in [3.8, 4) is 11.4 Å². The fraction of sp³-hybridized carbons (Fsp3) is 0.273. The molecule has 0 fully saturated rings. The first-order valence-electron chi connectivity index (χ1n) is 9.64. The van der Waals surface area contributed by atoms with E-state index in [4.69, 9.17) is 4.74 Å². The van der Waals surface area contributed by atoms with Gasteiger partial charge in [-0.1, -0.05) is 13.3 Å². The number of aromatic nitrogens is 2. The molecule has 1 amide bonds. The highest BCUT2D eigenvalue weighted by Crippen LogP contribution is 2.36. The average Bonchev–Trinajstić information content (AvgIpc) is 3.32. The molecule has 1 aliphatic rings. The number of nitrogens with one attached hydrogen (secondary N) is 1. The summed E-state index contributed by atoms with van der Waals surface area (Å²) in [5.41, 5.74) is 3.22. The lowest BCUT2D eigenvalue weighted by Crippen LogP contribution is -2.16. The molecule has 2 aromatic carbocycles. The third-order valence-corrected chi connectivity index (χ3v) is 5.71. The van der Waals surface area contributed by atoms with Crippen molar-refractivity contribution in [2.75, 3.05) is 11.9 Å². The Bertz CT molecular complexity index is 1000. The molecule has 0 unspecified atom stereocenters. The van der Waals surface area contributed by atoms with Crippen LogP contribution in [0.5, 0.6) is 5.75 Å². The maximum atomic E-state index is 13.3. The number of anilines is 1. The SMILES string of the molecule is CCCCOc1ccc(C(=O)Nc2c3c(nn2-c2ccc(F)cc2)CSC3)cc1. The molecule has 150 valence electrons. The van der Waals surface area contributed by atoms with Crippen LogP contribution in [-0.4, -0.2) is 22.3 Å². The second-order valence-corrected chi connectivity index (χ2v) is 7.82. The van der Waals surface area contributed by atoms with E-state index in [1.807, 2.05) is 12.1 Å². The van der Waals surface area contributed by atoms with Gasteiger partial charge in [-0.15, -0.1) is 0 Å². The van der Waals surface area contributed by atoms with E-state index in [1.165, 1.54) is 12.1 Å². The summed E-state index contributed by atoms with van der Waals surface area (Å²) in [5, 5.41) is 7.64. The predicted molar refractivity (Wildman–Crippen MR) is 113 cm³/mol. The lowest BCUT2D eigenvalue weighted by Gasteiger charge is -2.11. The molecule has 0 saturated carbocycles.